The number of piperazine rings is 1. The van der Waals surface area contributed by atoms with Crippen molar-refractivity contribution in [1.82, 2.24) is 9.80 Å². The molecule has 0 aliphatic carbocycles. The van der Waals surface area contributed by atoms with Gasteiger partial charge in [-0.3, -0.25) is 9.69 Å². The van der Waals surface area contributed by atoms with Crippen molar-refractivity contribution in [2.45, 2.75) is 26.8 Å². The highest BCUT2D eigenvalue weighted by atomic mass is 35.5. The van der Waals surface area contributed by atoms with Crippen molar-refractivity contribution < 1.29 is 4.79 Å². The predicted molar refractivity (Wildman–Crippen MR) is 115 cm³/mol. The Morgan fingerprint density at radius 1 is 1.00 bits per heavy atom. The van der Waals surface area contributed by atoms with Crippen molar-refractivity contribution in [3.05, 3.63) is 65.2 Å². The average Bonchev–Trinajstić information content (AvgIpc) is 2.62. The predicted octanol–water partition coefficient (Wildman–Crippen LogP) is 4.04. The van der Waals surface area contributed by atoms with Crippen LogP contribution in [0.1, 0.15) is 29.7 Å². The summed E-state index contributed by atoms with van der Waals surface area (Å²) in [4.78, 5) is 18.0. The zero-order valence-corrected chi connectivity index (χ0v) is 17.3. The van der Waals surface area contributed by atoms with Crippen LogP contribution in [0.3, 0.4) is 0 Å². The third-order valence-corrected chi connectivity index (χ3v) is 5.07. The van der Waals surface area contributed by atoms with E-state index in [9.17, 15) is 4.79 Å². The monoisotopic (exact) mass is 387 g/mol. The van der Waals surface area contributed by atoms with Crippen LogP contribution in [0.25, 0.3) is 0 Å². The van der Waals surface area contributed by atoms with E-state index in [4.69, 9.17) is 0 Å². The van der Waals surface area contributed by atoms with E-state index in [2.05, 4.69) is 54.1 Å². The van der Waals surface area contributed by atoms with Gasteiger partial charge in [0.2, 0.25) is 5.91 Å². The lowest BCUT2D eigenvalue weighted by molar-refractivity contribution is -0.122. The van der Waals surface area contributed by atoms with Crippen LogP contribution in [0.15, 0.2) is 48.5 Å². The molecular weight excluding hydrogens is 358 g/mol. The van der Waals surface area contributed by atoms with Crippen LogP contribution >= 0.6 is 12.4 Å². The maximum absolute atomic E-state index is 13.2. The molecule has 2 aromatic carbocycles. The lowest BCUT2D eigenvalue weighted by Gasteiger charge is -2.38. The van der Waals surface area contributed by atoms with Gasteiger partial charge in [0.25, 0.3) is 0 Å². The van der Waals surface area contributed by atoms with Gasteiger partial charge in [0.15, 0.2) is 0 Å². The Balaban J connectivity index is 0.00000261. The van der Waals surface area contributed by atoms with E-state index >= 15 is 0 Å². The van der Waals surface area contributed by atoms with Crippen LogP contribution in [-0.4, -0.2) is 48.4 Å². The number of hydrogen-bond donors (Lipinski definition) is 1. The summed E-state index contributed by atoms with van der Waals surface area (Å²) in [5.74, 6) is 0.0474. The van der Waals surface area contributed by atoms with Crippen molar-refractivity contribution in [2.24, 2.45) is 0 Å². The van der Waals surface area contributed by atoms with E-state index in [1.807, 2.05) is 30.3 Å². The van der Waals surface area contributed by atoms with Gasteiger partial charge in [-0.15, -0.1) is 12.4 Å². The number of benzene rings is 2. The molecule has 5 heteroatoms. The molecule has 0 radical (unpaired) electrons. The van der Waals surface area contributed by atoms with Crippen molar-refractivity contribution in [1.29, 1.82) is 0 Å². The molecule has 1 N–H and O–H groups in total. The molecule has 27 heavy (non-hydrogen) atoms. The van der Waals surface area contributed by atoms with E-state index in [1.165, 1.54) is 0 Å². The highest BCUT2D eigenvalue weighted by Crippen LogP contribution is 2.25. The minimum atomic E-state index is -0.254. The molecule has 1 unspecified atom stereocenters. The first-order valence-electron chi connectivity index (χ1n) is 9.47. The summed E-state index contributed by atoms with van der Waals surface area (Å²) < 4.78 is 0. The maximum atomic E-state index is 13.2. The minimum absolute atomic E-state index is 0. The molecule has 1 aliphatic rings. The number of nitrogens with zero attached hydrogens (tertiary/aromatic N) is 2. The molecule has 1 fully saturated rings. The molecule has 146 valence electrons. The second-order valence-corrected chi connectivity index (χ2v) is 7.15. The Kier molecular flexibility index (Phi) is 7.84. The van der Waals surface area contributed by atoms with Gasteiger partial charge >= 0.3 is 0 Å². The van der Waals surface area contributed by atoms with Crippen LogP contribution in [0.5, 0.6) is 0 Å². The number of hydrogen-bond acceptors (Lipinski definition) is 3. The zero-order valence-electron chi connectivity index (χ0n) is 16.4. The smallest absolute Gasteiger partial charge is 0.246 e. The van der Waals surface area contributed by atoms with Gasteiger partial charge in [0.05, 0.1) is 0 Å². The number of likely N-dealkylation sites (N-methyl/N-ethyl adjacent to an activating group) is 1. The number of nitrogens with one attached hydrogen (secondary N) is 1. The number of anilines is 1. The lowest BCUT2D eigenvalue weighted by atomic mass is 10.0. The average molecular weight is 388 g/mol. The first-order valence-corrected chi connectivity index (χ1v) is 9.47. The SMILES string of the molecule is CCN1CCN(C(C(=O)Nc2cc(C)cc(C)c2)c2ccccc2)CC1.Cl. The van der Waals surface area contributed by atoms with Crippen molar-refractivity contribution in [2.75, 3.05) is 38.0 Å². The number of aryl methyl sites for hydroxylation is 2. The normalized spacial score (nSPS) is 16.4. The van der Waals surface area contributed by atoms with Gasteiger partial charge in [0.1, 0.15) is 6.04 Å². The topological polar surface area (TPSA) is 35.6 Å². The second kappa shape index (κ2) is 9.88. The summed E-state index contributed by atoms with van der Waals surface area (Å²) in [5.41, 5.74) is 4.25. The van der Waals surface area contributed by atoms with E-state index in [0.717, 1.165) is 55.1 Å². The van der Waals surface area contributed by atoms with Crippen molar-refractivity contribution in [3.8, 4) is 0 Å². The Bertz CT molecular complexity index is 722. The Morgan fingerprint density at radius 2 is 1.59 bits per heavy atom. The van der Waals surface area contributed by atoms with Gasteiger partial charge in [-0.1, -0.05) is 43.3 Å². The Morgan fingerprint density at radius 3 is 2.15 bits per heavy atom. The molecule has 1 amide bonds. The molecule has 1 saturated heterocycles. The molecule has 0 spiro atoms. The third-order valence-electron chi connectivity index (χ3n) is 5.07. The first kappa shape index (κ1) is 21.4. The lowest BCUT2D eigenvalue weighted by Crippen LogP contribution is -2.49. The van der Waals surface area contributed by atoms with Gasteiger partial charge < -0.3 is 10.2 Å². The van der Waals surface area contributed by atoms with Gasteiger partial charge in [-0.25, -0.2) is 0 Å². The van der Waals surface area contributed by atoms with Gasteiger partial charge in [0, 0.05) is 31.9 Å². The fourth-order valence-corrected chi connectivity index (χ4v) is 3.76. The van der Waals surface area contributed by atoms with Crippen LogP contribution in [0, 0.1) is 13.8 Å². The largest absolute Gasteiger partial charge is 0.324 e. The zero-order chi connectivity index (χ0) is 18.5. The minimum Gasteiger partial charge on any atom is -0.324 e. The fourth-order valence-electron chi connectivity index (χ4n) is 3.76. The summed E-state index contributed by atoms with van der Waals surface area (Å²) in [6, 6.07) is 16.0. The maximum Gasteiger partial charge on any atom is 0.246 e. The summed E-state index contributed by atoms with van der Waals surface area (Å²) in [5, 5.41) is 3.15. The van der Waals surface area contributed by atoms with Gasteiger partial charge in [-0.2, -0.15) is 0 Å². The first-order chi connectivity index (χ1) is 12.6. The number of carbonyl (C=O) groups is 1. The highest BCUT2D eigenvalue weighted by molar-refractivity contribution is 5.95. The van der Waals surface area contributed by atoms with Crippen molar-refractivity contribution in [3.63, 3.8) is 0 Å². The molecule has 1 heterocycles. The quantitative estimate of drug-likeness (QED) is 0.840. The van der Waals surface area contributed by atoms with Crippen LogP contribution in [0.4, 0.5) is 5.69 Å². The molecule has 0 aromatic heterocycles. The van der Waals surface area contributed by atoms with Crippen LogP contribution < -0.4 is 5.32 Å². The number of amides is 1. The molecular formula is C22H30ClN3O. The van der Waals surface area contributed by atoms with Gasteiger partial charge in [-0.05, 0) is 49.2 Å². The third kappa shape index (κ3) is 5.55. The number of halogens is 1. The molecule has 0 saturated carbocycles. The molecule has 2 aromatic rings. The number of carbonyl (C=O) groups excluding carboxylic acids is 1. The number of rotatable bonds is 5. The highest BCUT2D eigenvalue weighted by Gasteiger charge is 2.30. The van der Waals surface area contributed by atoms with E-state index in [0.29, 0.717) is 0 Å². The van der Waals surface area contributed by atoms with Crippen molar-refractivity contribution >= 4 is 24.0 Å². The summed E-state index contributed by atoms with van der Waals surface area (Å²) in [6.45, 7) is 11.2. The Hall–Kier alpha value is -1.88. The van der Waals surface area contributed by atoms with Crippen LogP contribution in [0.2, 0.25) is 0 Å². The summed E-state index contributed by atoms with van der Waals surface area (Å²) in [7, 11) is 0. The van der Waals surface area contributed by atoms with Crippen LogP contribution in [-0.2, 0) is 4.79 Å². The molecule has 3 rings (SSSR count). The standard InChI is InChI=1S/C22H29N3O.ClH/c1-4-24-10-12-25(13-11-24)21(19-8-6-5-7-9-19)22(26)23-20-15-17(2)14-18(3)16-20;/h5-9,14-16,21H,4,10-13H2,1-3H3,(H,23,26);1H. The molecule has 4 nitrogen and oxygen atoms in total. The Labute approximate surface area is 169 Å². The molecule has 0 bridgehead atoms. The molecule has 1 aliphatic heterocycles. The second-order valence-electron chi connectivity index (χ2n) is 7.15. The van der Waals surface area contributed by atoms with E-state index < -0.39 is 0 Å². The summed E-state index contributed by atoms with van der Waals surface area (Å²) >= 11 is 0. The van der Waals surface area contributed by atoms with E-state index in [-0.39, 0.29) is 24.4 Å². The molecule has 1 atom stereocenters. The summed E-state index contributed by atoms with van der Waals surface area (Å²) in [6.07, 6.45) is 0. The fraction of sp³-hybridized carbons (Fsp3) is 0.409. The van der Waals surface area contributed by atoms with E-state index in [1.54, 1.807) is 0 Å².